The molecule has 0 amide bonds. The van der Waals surface area contributed by atoms with Crippen molar-refractivity contribution in [2.45, 2.75) is 12.5 Å². The lowest BCUT2D eigenvalue weighted by Gasteiger charge is -2.26. The summed E-state index contributed by atoms with van der Waals surface area (Å²) in [6.07, 6.45) is 1.10. The SMILES string of the molecule is O=C(O)C1C2CC2CN1c1ccccc1. The van der Waals surface area contributed by atoms with Gasteiger partial charge in [-0.3, -0.25) is 0 Å². The topological polar surface area (TPSA) is 40.5 Å². The molecular weight excluding hydrogens is 190 g/mol. The van der Waals surface area contributed by atoms with Crippen molar-refractivity contribution in [1.82, 2.24) is 0 Å². The first-order chi connectivity index (χ1) is 7.27. The van der Waals surface area contributed by atoms with Crippen molar-refractivity contribution in [1.29, 1.82) is 0 Å². The molecule has 3 rings (SSSR count). The van der Waals surface area contributed by atoms with Crippen molar-refractivity contribution in [3.05, 3.63) is 30.3 Å². The van der Waals surface area contributed by atoms with Crippen LogP contribution in [0.4, 0.5) is 5.69 Å². The Morgan fingerprint density at radius 2 is 2.07 bits per heavy atom. The van der Waals surface area contributed by atoms with Crippen molar-refractivity contribution in [2.75, 3.05) is 11.4 Å². The van der Waals surface area contributed by atoms with Gasteiger partial charge in [0.2, 0.25) is 0 Å². The van der Waals surface area contributed by atoms with Gasteiger partial charge in [-0.05, 0) is 30.4 Å². The van der Waals surface area contributed by atoms with Gasteiger partial charge in [0.15, 0.2) is 0 Å². The maximum Gasteiger partial charge on any atom is 0.326 e. The van der Waals surface area contributed by atoms with E-state index in [1.54, 1.807) is 0 Å². The minimum absolute atomic E-state index is 0.294. The molecule has 15 heavy (non-hydrogen) atoms. The van der Waals surface area contributed by atoms with Crippen molar-refractivity contribution in [3.63, 3.8) is 0 Å². The third-order valence-electron chi connectivity index (χ3n) is 3.49. The highest BCUT2D eigenvalue weighted by Gasteiger charge is 2.55. The second-order valence-corrected chi connectivity index (χ2v) is 4.43. The molecule has 1 aromatic rings. The molecular formula is C12H13NO2. The van der Waals surface area contributed by atoms with Crippen LogP contribution in [0.5, 0.6) is 0 Å². The fourth-order valence-electron chi connectivity index (χ4n) is 2.67. The Balaban J connectivity index is 1.90. The van der Waals surface area contributed by atoms with E-state index >= 15 is 0 Å². The number of aliphatic carboxylic acids is 1. The van der Waals surface area contributed by atoms with Crippen molar-refractivity contribution >= 4 is 11.7 Å². The molecule has 0 aromatic heterocycles. The van der Waals surface area contributed by atoms with Crippen molar-refractivity contribution < 1.29 is 9.90 Å². The van der Waals surface area contributed by atoms with Gasteiger partial charge in [0.05, 0.1) is 0 Å². The van der Waals surface area contributed by atoms with Crippen molar-refractivity contribution in [3.8, 4) is 0 Å². The lowest BCUT2D eigenvalue weighted by Crippen LogP contribution is -2.39. The highest BCUT2D eigenvalue weighted by atomic mass is 16.4. The normalized spacial score (nSPS) is 32.5. The van der Waals surface area contributed by atoms with Gasteiger partial charge in [0.25, 0.3) is 0 Å². The highest BCUT2D eigenvalue weighted by Crippen LogP contribution is 2.50. The molecule has 3 atom stereocenters. The Labute approximate surface area is 88.3 Å². The molecule has 1 aliphatic heterocycles. The molecule has 0 spiro atoms. The predicted octanol–water partition coefficient (Wildman–Crippen LogP) is 1.60. The molecule has 1 aromatic carbocycles. The fraction of sp³-hybridized carbons (Fsp3) is 0.417. The van der Waals surface area contributed by atoms with E-state index in [-0.39, 0.29) is 6.04 Å². The summed E-state index contributed by atoms with van der Waals surface area (Å²) >= 11 is 0. The summed E-state index contributed by atoms with van der Waals surface area (Å²) in [7, 11) is 0. The van der Waals surface area contributed by atoms with Crippen LogP contribution in [-0.4, -0.2) is 23.7 Å². The van der Waals surface area contributed by atoms with Gasteiger partial charge in [-0.15, -0.1) is 0 Å². The third kappa shape index (κ3) is 1.30. The Bertz CT molecular complexity index is 390. The molecule has 0 radical (unpaired) electrons. The molecule has 3 nitrogen and oxygen atoms in total. The van der Waals surface area contributed by atoms with E-state index in [4.69, 9.17) is 0 Å². The van der Waals surface area contributed by atoms with Crippen molar-refractivity contribution in [2.24, 2.45) is 11.8 Å². The number of piperidine rings is 1. The molecule has 1 aliphatic carbocycles. The summed E-state index contributed by atoms with van der Waals surface area (Å²) in [5.41, 5.74) is 1.04. The summed E-state index contributed by atoms with van der Waals surface area (Å²) < 4.78 is 0. The molecule has 0 bridgehead atoms. The van der Waals surface area contributed by atoms with Crippen LogP contribution in [0.15, 0.2) is 30.3 Å². The highest BCUT2D eigenvalue weighted by molar-refractivity contribution is 5.80. The number of carbonyl (C=O) groups is 1. The number of carboxylic acids is 1. The first kappa shape index (κ1) is 8.77. The fourth-order valence-corrected chi connectivity index (χ4v) is 2.67. The van der Waals surface area contributed by atoms with Crippen LogP contribution in [0.3, 0.4) is 0 Å². The molecule has 1 saturated carbocycles. The summed E-state index contributed by atoms with van der Waals surface area (Å²) in [6.45, 7) is 0.908. The number of hydrogen-bond donors (Lipinski definition) is 1. The summed E-state index contributed by atoms with van der Waals surface area (Å²) in [5.74, 6) is 0.331. The lowest BCUT2D eigenvalue weighted by molar-refractivity contribution is -0.138. The van der Waals surface area contributed by atoms with E-state index in [2.05, 4.69) is 0 Å². The van der Waals surface area contributed by atoms with E-state index in [0.29, 0.717) is 11.8 Å². The third-order valence-corrected chi connectivity index (χ3v) is 3.49. The van der Waals surface area contributed by atoms with Gasteiger partial charge in [0.1, 0.15) is 6.04 Å². The molecule has 1 heterocycles. The number of para-hydroxylation sites is 1. The number of carboxylic acid groups (broad SMARTS) is 1. The zero-order chi connectivity index (χ0) is 10.4. The van der Waals surface area contributed by atoms with Gasteiger partial charge in [0, 0.05) is 12.2 Å². The Hall–Kier alpha value is -1.51. The number of rotatable bonds is 2. The maximum atomic E-state index is 11.2. The molecule has 3 heteroatoms. The number of anilines is 1. The van der Waals surface area contributed by atoms with Crippen LogP contribution in [0, 0.1) is 11.8 Å². The smallest absolute Gasteiger partial charge is 0.326 e. The van der Waals surface area contributed by atoms with Gasteiger partial charge < -0.3 is 10.0 Å². The second-order valence-electron chi connectivity index (χ2n) is 4.43. The van der Waals surface area contributed by atoms with Gasteiger partial charge >= 0.3 is 5.97 Å². The molecule has 1 saturated heterocycles. The number of nitrogens with zero attached hydrogens (tertiary/aromatic N) is 1. The Morgan fingerprint density at radius 3 is 2.73 bits per heavy atom. The van der Waals surface area contributed by atoms with E-state index in [1.807, 2.05) is 35.2 Å². The van der Waals surface area contributed by atoms with Gasteiger partial charge in [-0.2, -0.15) is 0 Å². The zero-order valence-electron chi connectivity index (χ0n) is 8.34. The standard InChI is InChI=1S/C12H13NO2/c14-12(15)11-10-6-8(10)7-13(11)9-4-2-1-3-5-9/h1-5,8,10-11H,6-7H2,(H,14,15). The Kier molecular flexibility index (Phi) is 1.75. The largest absolute Gasteiger partial charge is 0.480 e. The molecule has 1 N–H and O–H groups in total. The average Bonchev–Trinajstić information content (AvgIpc) is 2.90. The quantitative estimate of drug-likeness (QED) is 0.793. The number of fused-ring (bicyclic) bond motifs is 1. The van der Waals surface area contributed by atoms with Crippen LogP contribution in [0.25, 0.3) is 0 Å². The molecule has 2 fully saturated rings. The predicted molar refractivity (Wildman–Crippen MR) is 56.8 cm³/mol. The second kappa shape index (κ2) is 2.99. The van der Waals surface area contributed by atoms with E-state index in [1.165, 1.54) is 0 Å². The summed E-state index contributed by atoms with van der Waals surface area (Å²) in [6, 6.07) is 9.55. The number of hydrogen-bond acceptors (Lipinski definition) is 2. The summed E-state index contributed by atoms with van der Waals surface area (Å²) in [4.78, 5) is 13.2. The summed E-state index contributed by atoms with van der Waals surface area (Å²) in [5, 5.41) is 9.20. The molecule has 2 aliphatic rings. The van der Waals surface area contributed by atoms with Gasteiger partial charge in [-0.25, -0.2) is 4.79 Å². The van der Waals surface area contributed by atoms with Crippen LogP contribution in [-0.2, 0) is 4.79 Å². The maximum absolute atomic E-state index is 11.2. The van der Waals surface area contributed by atoms with Gasteiger partial charge in [-0.1, -0.05) is 18.2 Å². The average molecular weight is 203 g/mol. The molecule has 78 valence electrons. The van der Waals surface area contributed by atoms with Crippen LogP contribution < -0.4 is 4.90 Å². The lowest BCUT2D eigenvalue weighted by atomic mass is 10.1. The number of benzene rings is 1. The first-order valence-corrected chi connectivity index (χ1v) is 5.32. The minimum Gasteiger partial charge on any atom is -0.480 e. The first-order valence-electron chi connectivity index (χ1n) is 5.32. The van der Waals surface area contributed by atoms with E-state index < -0.39 is 5.97 Å². The van der Waals surface area contributed by atoms with Crippen LogP contribution in [0.1, 0.15) is 6.42 Å². The Morgan fingerprint density at radius 1 is 1.33 bits per heavy atom. The zero-order valence-corrected chi connectivity index (χ0v) is 8.34. The van der Waals surface area contributed by atoms with Crippen LogP contribution in [0.2, 0.25) is 0 Å². The van der Waals surface area contributed by atoms with E-state index in [0.717, 1.165) is 18.7 Å². The molecule has 3 unspecified atom stereocenters. The minimum atomic E-state index is -0.677. The monoisotopic (exact) mass is 203 g/mol. The van der Waals surface area contributed by atoms with Crippen LogP contribution >= 0.6 is 0 Å². The van der Waals surface area contributed by atoms with E-state index in [9.17, 15) is 9.90 Å².